The van der Waals surface area contributed by atoms with E-state index in [2.05, 4.69) is 0 Å². The molecule has 0 atom stereocenters. The lowest BCUT2D eigenvalue weighted by Crippen LogP contribution is -2.20. The Morgan fingerprint density at radius 2 is 0.583 bits per heavy atom. The van der Waals surface area contributed by atoms with Gasteiger partial charge < -0.3 is 37.9 Å². The Morgan fingerprint density at radius 3 is 0.833 bits per heavy atom. The monoisotopic (exact) mass is 352 g/mol. The van der Waals surface area contributed by atoms with E-state index in [0.29, 0.717) is 92.5 Å². The van der Waals surface area contributed by atoms with E-state index in [1.807, 2.05) is 6.92 Å². The maximum Gasteiger partial charge on any atom is 0.155 e. The molecule has 0 amide bonds. The van der Waals surface area contributed by atoms with Crippen LogP contribution in [-0.4, -0.2) is 98.8 Å². The summed E-state index contributed by atoms with van der Waals surface area (Å²) in [5, 5.41) is 0. The normalized spacial score (nSPS) is 24.4. The third-order valence-electron chi connectivity index (χ3n) is 3.02. The predicted molar refractivity (Wildman–Crippen MR) is 86.3 cm³/mol. The Kier molecular flexibility index (Phi) is 15.8. The zero-order chi connectivity index (χ0) is 17.1. The van der Waals surface area contributed by atoms with E-state index in [1.165, 1.54) is 0 Å². The van der Waals surface area contributed by atoms with E-state index < -0.39 is 0 Å². The van der Waals surface area contributed by atoms with Crippen LogP contribution >= 0.6 is 0 Å². The van der Waals surface area contributed by atoms with Gasteiger partial charge in [0.2, 0.25) is 0 Å². The van der Waals surface area contributed by atoms with Gasteiger partial charge in [-0.2, -0.15) is 0 Å². The molecule has 1 rings (SSSR count). The average molecular weight is 352 g/mol. The first-order valence-corrected chi connectivity index (χ1v) is 8.59. The molecule has 0 aliphatic carbocycles. The van der Waals surface area contributed by atoms with Crippen molar-refractivity contribution in [2.75, 3.05) is 92.5 Å². The van der Waals surface area contributed by atoms with E-state index in [9.17, 15) is 0 Å². The molecule has 144 valence electrons. The van der Waals surface area contributed by atoms with Gasteiger partial charge in [-0.15, -0.1) is 0 Å². The highest BCUT2D eigenvalue weighted by atomic mass is 16.7. The lowest BCUT2D eigenvalue weighted by Gasteiger charge is -2.14. The Labute approximate surface area is 144 Å². The van der Waals surface area contributed by atoms with Gasteiger partial charge >= 0.3 is 0 Å². The van der Waals surface area contributed by atoms with Gasteiger partial charge in [0, 0.05) is 0 Å². The smallest absolute Gasteiger partial charge is 0.155 e. The summed E-state index contributed by atoms with van der Waals surface area (Å²) in [6.07, 6.45) is -0.277. The summed E-state index contributed by atoms with van der Waals surface area (Å²) >= 11 is 0. The van der Waals surface area contributed by atoms with Crippen LogP contribution < -0.4 is 0 Å². The van der Waals surface area contributed by atoms with Crippen molar-refractivity contribution in [2.24, 2.45) is 0 Å². The minimum atomic E-state index is -0.277. The Balaban J connectivity index is 2.07. The summed E-state index contributed by atoms with van der Waals surface area (Å²) in [6.45, 7) is 9.32. The maximum atomic E-state index is 5.47. The van der Waals surface area contributed by atoms with Gasteiger partial charge in [-0.3, -0.25) is 0 Å². The lowest BCUT2D eigenvalue weighted by molar-refractivity contribution is -0.148. The molecule has 0 aromatic heterocycles. The quantitative estimate of drug-likeness (QED) is 0.623. The van der Waals surface area contributed by atoms with Crippen molar-refractivity contribution in [3.05, 3.63) is 0 Å². The lowest BCUT2D eigenvalue weighted by atomic mass is 10.6. The van der Waals surface area contributed by atoms with Crippen molar-refractivity contribution < 1.29 is 37.9 Å². The minimum absolute atomic E-state index is 0.277. The number of rotatable bonds is 0. The summed E-state index contributed by atoms with van der Waals surface area (Å²) in [5.74, 6) is 0. The fraction of sp³-hybridized carbons (Fsp3) is 1.00. The number of hydrogen-bond acceptors (Lipinski definition) is 8. The molecule has 0 N–H and O–H groups in total. The Hall–Kier alpha value is -0.320. The SMILES string of the molecule is CC1OCCOCCOCCOCCOCCOCCOCCO1. The number of hydrogen-bond donors (Lipinski definition) is 0. The van der Waals surface area contributed by atoms with Crippen LogP contribution in [0.1, 0.15) is 6.92 Å². The van der Waals surface area contributed by atoms with E-state index >= 15 is 0 Å². The van der Waals surface area contributed by atoms with Crippen LogP contribution in [0, 0.1) is 0 Å². The van der Waals surface area contributed by atoms with E-state index in [1.54, 1.807) is 0 Å². The van der Waals surface area contributed by atoms with Crippen LogP contribution in [0.15, 0.2) is 0 Å². The highest BCUT2D eigenvalue weighted by molar-refractivity contribution is 4.39. The summed E-state index contributed by atoms with van der Waals surface area (Å²) in [4.78, 5) is 0. The van der Waals surface area contributed by atoms with Gasteiger partial charge in [-0.1, -0.05) is 0 Å². The van der Waals surface area contributed by atoms with Gasteiger partial charge in [0.25, 0.3) is 0 Å². The zero-order valence-electron chi connectivity index (χ0n) is 14.7. The average Bonchev–Trinajstić information content (AvgIpc) is 2.58. The van der Waals surface area contributed by atoms with Gasteiger partial charge in [0.15, 0.2) is 6.29 Å². The molecule has 24 heavy (non-hydrogen) atoms. The van der Waals surface area contributed by atoms with Crippen molar-refractivity contribution in [1.29, 1.82) is 0 Å². The van der Waals surface area contributed by atoms with Gasteiger partial charge in [-0.25, -0.2) is 0 Å². The molecule has 0 aromatic carbocycles. The summed E-state index contributed by atoms with van der Waals surface area (Å²) in [7, 11) is 0. The number of ether oxygens (including phenoxy) is 8. The predicted octanol–water partition coefficient (Wildman–Crippen LogP) is 0.479. The molecule has 0 aromatic rings. The highest BCUT2D eigenvalue weighted by Gasteiger charge is 2.02. The van der Waals surface area contributed by atoms with Crippen LogP contribution in [0.2, 0.25) is 0 Å². The van der Waals surface area contributed by atoms with E-state index in [-0.39, 0.29) is 6.29 Å². The standard InChI is InChI=1S/C16H32O8/c1-16-23-14-12-21-10-8-19-6-4-17-2-3-18-5-7-20-9-11-22-13-15-24-16/h16H,2-15H2,1H3. The molecule has 0 radical (unpaired) electrons. The first-order valence-electron chi connectivity index (χ1n) is 8.59. The molecule has 8 nitrogen and oxygen atoms in total. The second-order valence-electron chi connectivity index (χ2n) is 4.98. The second-order valence-corrected chi connectivity index (χ2v) is 4.98. The van der Waals surface area contributed by atoms with Crippen LogP contribution in [0.5, 0.6) is 0 Å². The fourth-order valence-electron chi connectivity index (χ4n) is 1.80. The first kappa shape index (κ1) is 21.7. The molecule has 0 unspecified atom stereocenters. The molecular weight excluding hydrogens is 320 g/mol. The zero-order valence-corrected chi connectivity index (χ0v) is 14.7. The molecule has 1 aliphatic heterocycles. The third-order valence-corrected chi connectivity index (χ3v) is 3.02. The Morgan fingerprint density at radius 1 is 0.375 bits per heavy atom. The molecule has 1 saturated heterocycles. The van der Waals surface area contributed by atoms with Crippen LogP contribution in [0.4, 0.5) is 0 Å². The summed E-state index contributed by atoms with van der Waals surface area (Å²) in [6, 6.07) is 0. The topological polar surface area (TPSA) is 73.8 Å². The molecule has 0 saturated carbocycles. The van der Waals surface area contributed by atoms with Gasteiger partial charge in [0.05, 0.1) is 92.5 Å². The van der Waals surface area contributed by atoms with Crippen molar-refractivity contribution in [3.8, 4) is 0 Å². The van der Waals surface area contributed by atoms with Crippen molar-refractivity contribution in [1.82, 2.24) is 0 Å². The first-order chi connectivity index (χ1) is 11.9. The van der Waals surface area contributed by atoms with Gasteiger partial charge in [0.1, 0.15) is 0 Å². The van der Waals surface area contributed by atoms with Crippen LogP contribution in [0.25, 0.3) is 0 Å². The van der Waals surface area contributed by atoms with Crippen molar-refractivity contribution in [2.45, 2.75) is 13.2 Å². The molecule has 0 bridgehead atoms. The molecular formula is C16H32O8. The summed E-state index contributed by atoms with van der Waals surface area (Å²) in [5.41, 5.74) is 0. The second kappa shape index (κ2) is 17.5. The van der Waals surface area contributed by atoms with Crippen LogP contribution in [-0.2, 0) is 37.9 Å². The Bertz CT molecular complexity index is 230. The molecule has 1 aliphatic rings. The highest BCUT2D eigenvalue weighted by Crippen LogP contribution is 1.94. The summed E-state index contributed by atoms with van der Waals surface area (Å²) < 4.78 is 43.3. The van der Waals surface area contributed by atoms with E-state index in [4.69, 9.17) is 37.9 Å². The molecule has 1 heterocycles. The molecule has 0 spiro atoms. The fourth-order valence-corrected chi connectivity index (χ4v) is 1.80. The molecule has 8 heteroatoms. The third kappa shape index (κ3) is 15.2. The maximum absolute atomic E-state index is 5.47. The van der Waals surface area contributed by atoms with Crippen molar-refractivity contribution in [3.63, 3.8) is 0 Å². The van der Waals surface area contributed by atoms with Crippen molar-refractivity contribution >= 4 is 0 Å². The van der Waals surface area contributed by atoms with Gasteiger partial charge in [-0.05, 0) is 6.92 Å². The van der Waals surface area contributed by atoms with E-state index in [0.717, 1.165) is 0 Å². The largest absolute Gasteiger partial charge is 0.377 e. The molecule has 1 fully saturated rings. The minimum Gasteiger partial charge on any atom is -0.377 e. The van der Waals surface area contributed by atoms with Crippen LogP contribution in [0.3, 0.4) is 0 Å².